The van der Waals surface area contributed by atoms with Crippen molar-refractivity contribution in [3.63, 3.8) is 0 Å². The summed E-state index contributed by atoms with van der Waals surface area (Å²) in [6, 6.07) is 0. The van der Waals surface area contributed by atoms with Crippen molar-refractivity contribution < 1.29 is 9.53 Å². The van der Waals surface area contributed by atoms with Crippen molar-refractivity contribution in [1.82, 2.24) is 5.32 Å². The van der Waals surface area contributed by atoms with Gasteiger partial charge in [0.2, 0.25) is 0 Å². The van der Waals surface area contributed by atoms with E-state index in [0.29, 0.717) is 5.92 Å². The van der Waals surface area contributed by atoms with Crippen LogP contribution >= 0.6 is 0 Å². The van der Waals surface area contributed by atoms with Crippen molar-refractivity contribution in [3.8, 4) is 0 Å². The zero-order valence-corrected chi connectivity index (χ0v) is 10.8. The van der Waals surface area contributed by atoms with Gasteiger partial charge >= 0.3 is 5.97 Å². The van der Waals surface area contributed by atoms with Crippen LogP contribution < -0.4 is 5.32 Å². The van der Waals surface area contributed by atoms with Gasteiger partial charge in [0, 0.05) is 18.2 Å². The van der Waals surface area contributed by atoms with Crippen LogP contribution in [-0.4, -0.2) is 18.6 Å². The molecule has 3 rings (SSSR count). The Bertz CT molecular complexity index is 391. The fraction of sp³-hybridized carbons (Fsp3) is 0.667. The number of piperidine rings is 1. The summed E-state index contributed by atoms with van der Waals surface area (Å²) in [5.41, 5.74) is 1.91. The Kier molecular flexibility index (Phi) is 3.39. The highest BCUT2D eigenvalue weighted by atomic mass is 16.5. The average molecular weight is 247 g/mol. The maximum absolute atomic E-state index is 12.2. The Labute approximate surface area is 108 Å². The van der Waals surface area contributed by atoms with Crippen LogP contribution in [0.5, 0.6) is 0 Å². The number of nitrogens with one attached hydrogen (secondary N) is 1. The summed E-state index contributed by atoms with van der Waals surface area (Å²) in [4.78, 5) is 12.2. The third kappa shape index (κ3) is 2.31. The minimum absolute atomic E-state index is 0.118. The maximum atomic E-state index is 12.2. The molecule has 0 bridgehead atoms. The Hall–Kier alpha value is -1.25. The summed E-state index contributed by atoms with van der Waals surface area (Å²) in [5, 5.41) is 3.40. The third-order valence-corrected chi connectivity index (χ3v) is 4.24. The lowest BCUT2D eigenvalue weighted by molar-refractivity contribution is -0.143. The molecule has 1 atom stereocenters. The molecule has 1 aliphatic heterocycles. The van der Waals surface area contributed by atoms with E-state index in [9.17, 15) is 4.79 Å². The lowest BCUT2D eigenvalue weighted by atomic mass is 9.86. The number of rotatable bonds is 2. The zero-order chi connectivity index (χ0) is 12.4. The van der Waals surface area contributed by atoms with Gasteiger partial charge in [0.05, 0.1) is 5.57 Å². The first-order valence-electron chi connectivity index (χ1n) is 7.20. The number of hydrogen-bond acceptors (Lipinski definition) is 3. The highest BCUT2D eigenvalue weighted by Gasteiger charge is 2.28. The molecule has 1 unspecified atom stereocenters. The van der Waals surface area contributed by atoms with Crippen LogP contribution in [-0.2, 0) is 9.53 Å². The Balaban J connectivity index is 1.74. The largest absolute Gasteiger partial charge is 0.459 e. The number of carbonyl (C=O) groups is 1. The second-order valence-corrected chi connectivity index (χ2v) is 5.54. The lowest BCUT2D eigenvalue weighted by Gasteiger charge is -2.30. The number of ether oxygens (including phenoxy) is 1. The summed E-state index contributed by atoms with van der Waals surface area (Å²) in [7, 11) is 0. The molecule has 0 spiro atoms. The van der Waals surface area contributed by atoms with E-state index in [1.54, 1.807) is 0 Å². The number of esters is 1. The number of fused-ring (bicyclic) bond motifs is 1. The van der Waals surface area contributed by atoms with Crippen molar-refractivity contribution in [2.45, 2.75) is 51.0 Å². The molecule has 1 N–H and O–H groups in total. The van der Waals surface area contributed by atoms with E-state index >= 15 is 0 Å². The van der Waals surface area contributed by atoms with Crippen LogP contribution in [0.2, 0.25) is 0 Å². The first-order valence-corrected chi connectivity index (χ1v) is 7.20. The standard InChI is InChI=1S/C15H21NO2/c17-15(18-12-7-1-2-8-12)13-9-3-5-11-6-4-10-16-14(11)13/h3,9,11-12,16H,1-2,4-8,10H2. The fourth-order valence-corrected chi connectivity index (χ4v) is 3.25. The maximum Gasteiger partial charge on any atom is 0.340 e. The van der Waals surface area contributed by atoms with Gasteiger partial charge in [-0.15, -0.1) is 0 Å². The molecule has 1 saturated heterocycles. The zero-order valence-electron chi connectivity index (χ0n) is 10.8. The van der Waals surface area contributed by atoms with E-state index in [1.165, 1.54) is 25.7 Å². The second-order valence-electron chi connectivity index (χ2n) is 5.54. The van der Waals surface area contributed by atoms with Crippen LogP contribution in [0.15, 0.2) is 23.4 Å². The Morgan fingerprint density at radius 3 is 2.89 bits per heavy atom. The Morgan fingerprint density at radius 2 is 2.06 bits per heavy atom. The summed E-state index contributed by atoms with van der Waals surface area (Å²) < 4.78 is 5.61. The minimum Gasteiger partial charge on any atom is -0.459 e. The molecule has 0 amide bonds. The SMILES string of the molecule is O=C(OC1CCCC1)C1=C2NCCCC2CC=C1. The molecule has 18 heavy (non-hydrogen) atoms. The molecule has 0 radical (unpaired) electrons. The molecule has 2 fully saturated rings. The molecular formula is C15H21NO2. The molecule has 3 heteroatoms. The normalized spacial score (nSPS) is 27.9. The molecule has 3 aliphatic rings. The topological polar surface area (TPSA) is 38.3 Å². The third-order valence-electron chi connectivity index (χ3n) is 4.24. The van der Waals surface area contributed by atoms with Gasteiger partial charge in [0.25, 0.3) is 0 Å². The molecule has 1 saturated carbocycles. The molecule has 3 nitrogen and oxygen atoms in total. The van der Waals surface area contributed by atoms with E-state index < -0.39 is 0 Å². The van der Waals surface area contributed by atoms with E-state index in [4.69, 9.17) is 4.74 Å². The first kappa shape index (κ1) is 11.8. The average Bonchev–Trinajstić information content (AvgIpc) is 2.91. The summed E-state index contributed by atoms with van der Waals surface area (Å²) >= 11 is 0. The van der Waals surface area contributed by atoms with Gasteiger partial charge in [-0.25, -0.2) is 4.79 Å². The van der Waals surface area contributed by atoms with Crippen LogP contribution in [0.4, 0.5) is 0 Å². The monoisotopic (exact) mass is 247 g/mol. The second kappa shape index (κ2) is 5.17. The van der Waals surface area contributed by atoms with Crippen molar-refractivity contribution in [1.29, 1.82) is 0 Å². The molecule has 1 heterocycles. The molecule has 0 aromatic carbocycles. The predicted molar refractivity (Wildman–Crippen MR) is 69.9 cm³/mol. The quantitative estimate of drug-likeness (QED) is 0.762. The summed E-state index contributed by atoms with van der Waals surface area (Å²) in [6.07, 6.45) is 12.1. The Morgan fingerprint density at radius 1 is 1.22 bits per heavy atom. The van der Waals surface area contributed by atoms with Crippen LogP contribution in [0.3, 0.4) is 0 Å². The minimum atomic E-state index is -0.118. The number of carbonyl (C=O) groups excluding carboxylic acids is 1. The van der Waals surface area contributed by atoms with E-state index in [0.717, 1.165) is 37.1 Å². The highest BCUT2D eigenvalue weighted by molar-refractivity contribution is 5.93. The van der Waals surface area contributed by atoms with Crippen molar-refractivity contribution >= 4 is 5.97 Å². The lowest BCUT2D eigenvalue weighted by Crippen LogP contribution is -2.32. The van der Waals surface area contributed by atoms with Gasteiger partial charge in [-0.1, -0.05) is 6.08 Å². The van der Waals surface area contributed by atoms with Gasteiger partial charge in [0.15, 0.2) is 0 Å². The van der Waals surface area contributed by atoms with E-state index in [-0.39, 0.29) is 12.1 Å². The van der Waals surface area contributed by atoms with Crippen LogP contribution in [0, 0.1) is 5.92 Å². The summed E-state index contributed by atoms with van der Waals surface area (Å²) in [5.74, 6) is 0.391. The number of hydrogen-bond donors (Lipinski definition) is 1. The van der Waals surface area contributed by atoms with Gasteiger partial charge < -0.3 is 10.1 Å². The summed E-state index contributed by atoms with van der Waals surface area (Å²) in [6.45, 7) is 0.986. The smallest absolute Gasteiger partial charge is 0.340 e. The van der Waals surface area contributed by atoms with Crippen molar-refractivity contribution in [2.75, 3.05) is 6.54 Å². The van der Waals surface area contributed by atoms with E-state index in [1.807, 2.05) is 6.08 Å². The van der Waals surface area contributed by atoms with Crippen LogP contribution in [0.25, 0.3) is 0 Å². The first-order chi connectivity index (χ1) is 8.84. The number of allylic oxidation sites excluding steroid dienone is 2. The van der Waals surface area contributed by atoms with Gasteiger partial charge in [-0.05, 0) is 51.0 Å². The van der Waals surface area contributed by atoms with Crippen molar-refractivity contribution in [3.05, 3.63) is 23.4 Å². The highest BCUT2D eigenvalue weighted by Crippen LogP contribution is 2.31. The molecule has 0 aromatic heterocycles. The fourth-order valence-electron chi connectivity index (χ4n) is 3.25. The predicted octanol–water partition coefficient (Wildman–Crippen LogP) is 2.69. The van der Waals surface area contributed by atoms with Gasteiger partial charge in [-0.3, -0.25) is 0 Å². The van der Waals surface area contributed by atoms with Gasteiger partial charge in [0.1, 0.15) is 6.10 Å². The van der Waals surface area contributed by atoms with E-state index in [2.05, 4.69) is 11.4 Å². The van der Waals surface area contributed by atoms with Gasteiger partial charge in [-0.2, -0.15) is 0 Å². The molecule has 2 aliphatic carbocycles. The van der Waals surface area contributed by atoms with Crippen LogP contribution in [0.1, 0.15) is 44.9 Å². The molecule has 0 aromatic rings. The molecular weight excluding hydrogens is 226 g/mol. The van der Waals surface area contributed by atoms with Crippen molar-refractivity contribution in [2.24, 2.45) is 5.92 Å². The molecule has 98 valence electrons.